The van der Waals surface area contributed by atoms with E-state index in [0.717, 1.165) is 5.69 Å². The zero-order valence-corrected chi connectivity index (χ0v) is 12.5. The quantitative estimate of drug-likeness (QED) is 0.761. The molecular formula is C14H15N5O4. The van der Waals surface area contributed by atoms with Crippen molar-refractivity contribution in [1.29, 1.82) is 0 Å². The van der Waals surface area contributed by atoms with Crippen LogP contribution in [0.25, 0.3) is 0 Å². The molecule has 3 heterocycles. The highest BCUT2D eigenvalue weighted by Gasteiger charge is 2.29. The van der Waals surface area contributed by atoms with Crippen LogP contribution in [0.15, 0.2) is 16.9 Å². The summed E-state index contributed by atoms with van der Waals surface area (Å²) in [5.74, 6) is -0.829. The lowest BCUT2D eigenvalue weighted by Crippen LogP contribution is -2.37. The molecular weight excluding hydrogens is 302 g/mol. The molecule has 0 fully saturated rings. The standard InChI is InChI=1S/C14H15N5O4/c1-2-23-14(22)12-8-7-19(6-5-9(8)15-18-12)13(21)10-3-4-11(20)17-16-10/h3-4H,2,5-7H2,1H3,(H,15,18)(H,17,20). The summed E-state index contributed by atoms with van der Waals surface area (Å²) in [6.07, 6.45) is 0.552. The van der Waals surface area contributed by atoms with Gasteiger partial charge >= 0.3 is 5.97 Å². The fourth-order valence-electron chi connectivity index (χ4n) is 2.46. The number of hydrogen-bond donors (Lipinski definition) is 2. The molecule has 23 heavy (non-hydrogen) atoms. The van der Waals surface area contributed by atoms with Crippen LogP contribution in [0.3, 0.4) is 0 Å². The van der Waals surface area contributed by atoms with E-state index in [1.807, 2.05) is 0 Å². The molecule has 0 bridgehead atoms. The van der Waals surface area contributed by atoms with E-state index in [2.05, 4.69) is 20.4 Å². The van der Waals surface area contributed by atoms with Gasteiger partial charge in [-0.05, 0) is 13.0 Å². The largest absolute Gasteiger partial charge is 0.461 e. The average molecular weight is 317 g/mol. The molecule has 0 aliphatic carbocycles. The van der Waals surface area contributed by atoms with E-state index in [9.17, 15) is 14.4 Å². The number of aromatic nitrogens is 4. The zero-order valence-electron chi connectivity index (χ0n) is 12.5. The van der Waals surface area contributed by atoms with Gasteiger partial charge in [0.1, 0.15) is 5.69 Å². The normalized spacial score (nSPS) is 13.5. The van der Waals surface area contributed by atoms with Gasteiger partial charge in [0, 0.05) is 30.3 Å². The van der Waals surface area contributed by atoms with Gasteiger partial charge in [-0.1, -0.05) is 0 Å². The Bertz CT molecular complexity index is 789. The molecule has 0 unspecified atom stereocenters. The molecule has 0 saturated carbocycles. The van der Waals surface area contributed by atoms with Gasteiger partial charge in [0.2, 0.25) is 0 Å². The molecule has 3 rings (SSSR count). The van der Waals surface area contributed by atoms with Gasteiger partial charge in [-0.25, -0.2) is 9.89 Å². The number of nitrogens with zero attached hydrogens (tertiary/aromatic N) is 3. The van der Waals surface area contributed by atoms with Crippen molar-refractivity contribution in [2.24, 2.45) is 0 Å². The van der Waals surface area contributed by atoms with Crippen LogP contribution in [-0.4, -0.2) is 50.3 Å². The van der Waals surface area contributed by atoms with Crippen molar-refractivity contribution in [1.82, 2.24) is 25.3 Å². The van der Waals surface area contributed by atoms with Crippen LogP contribution >= 0.6 is 0 Å². The van der Waals surface area contributed by atoms with E-state index in [-0.39, 0.29) is 36.0 Å². The van der Waals surface area contributed by atoms with E-state index < -0.39 is 5.97 Å². The Morgan fingerprint density at radius 3 is 2.83 bits per heavy atom. The van der Waals surface area contributed by atoms with Crippen LogP contribution < -0.4 is 5.56 Å². The van der Waals surface area contributed by atoms with E-state index >= 15 is 0 Å². The number of ether oxygens (including phenoxy) is 1. The van der Waals surface area contributed by atoms with Crippen LogP contribution in [0.1, 0.15) is 39.2 Å². The third kappa shape index (κ3) is 2.85. The van der Waals surface area contributed by atoms with E-state index in [1.54, 1.807) is 11.8 Å². The first kappa shape index (κ1) is 14.9. The highest BCUT2D eigenvalue weighted by atomic mass is 16.5. The van der Waals surface area contributed by atoms with Crippen LogP contribution in [0.2, 0.25) is 0 Å². The first-order valence-electron chi connectivity index (χ1n) is 7.18. The molecule has 1 amide bonds. The summed E-state index contributed by atoms with van der Waals surface area (Å²) in [5.41, 5.74) is 1.46. The summed E-state index contributed by atoms with van der Waals surface area (Å²) in [7, 11) is 0. The number of H-pyrrole nitrogens is 2. The van der Waals surface area contributed by atoms with Crippen LogP contribution in [0.5, 0.6) is 0 Å². The third-order valence-electron chi connectivity index (χ3n) is 3.59. The number of amides is 1. The minimum atomic E-state index is -0.513. The molecule has 1 aliphatic rings. The second-order valence-electron chi connectivity index (χ2n) is 5.03. The van der Waals surface area contributed by atoms with Crippen molar-refractivity contribution in [3.05, 3.63) is 45.1 Å². The van der Waals surface area contributed by atoms with Gasteiger partial charge in [0.15, 0.2) is 5.69 Å². The molecule has 2 aromatic heterocycles. The van der Waals surface area contributed by atoms with Gasteiger partial charge in [0.05, 0.1) is 13.2 Å². The summed E-state index contributed by atoms with van der Waals surface area (Å²) in [6, 6.07) is 2.62. The molecule has 0 aromatic carbocycles. The number of nitrogens with one attached hydrogen (secondary N) is 2. The maximum Gasteiger partial charge on any atom is 0.359 e. The monoisotopic (exact) mass is 317 g/mol. The topological polar surface area (TPSA) is 121 Å². The third-order valence-corrected chi connectivity index (χ3v) is 3.59. The van der Waals surface area contributed by atoms with Gasteiger partial charge in [0.25, 0.3) is 11.5 Å². The fourth-order valence-corrected chi connectivity index (χ4v) is 2.46. The molecule has 9 nitrogen and oxygen atoms in total. The predicted octanol–water partition coefficient (Wildman–Crippen LogP) is -0.132. The average Bonchev–Trinajstić information content (AvgIpc) is 2.98. The van der Waals surface area contributed by atoms with Gasteiger partial charge in [-0.2, -0.15) is 10.2 Å². The highest BCUT2D eigenvalue weighted by molar-refractivity contribution is 5.93. The second-order valence-corrected chi connectivity index (χ2v) is 5.03. The smallest absolute Gasteiger partial charge is 0.359 e. The molecule has 0 radical (unpaired) electrons. The number of carbonyl (C=O) groups excluding carboxylic acids is 2. The number of fused-ring (bicyclic) bond motifs is 1. The Morgan fingerprint density at radius 1 is 1.30 bits per heavy atom. The van der Waals surface area contributed by atoms with Crippen LogP contribution in [0.4, 0.5) is 0 Å². The summed E-state index contributed by atoms with van der Waals surface area (Å²) in [4.78, 5) is 36.9. The van der Waals surface area contributed by atoms with Gasteiger partial charge in [-0.3, -0.25) is 14.7 Å². The lowest BCUT2D eigenvalue weighted by atomic mass is 10.0. The van der Waals surface area contributed by atoms with Crippen molar-refractivity contribution in [2.45, 2.75) is 19.9 Å². The lowest BCUT2D eigenvalue weighted by Gasteiger charge is -2.26. The molecule has 0 atom stereocenters. The molecule has 120 valence electrons. The highest BCUT2D eigenvalue weighted by Crippen LogP contribution is 2.22. The van der Waals surface area contributed by atoms with E-state index in [1.165, 1.54) is 12.1 Å². The van der Waals surface area contributed by atoms with Crippen LogP contribution in [0, 0.1) is 0 Å². The fraction of sp³-hybridized carbons (Fsp3) is 0.357. The van der Waals surface area contributed by atoms with Gasteiger partial charge < -0.3 is 9.64 Å². The molecule has 1 aliphatic heterocycles. The Labute approximate surface area is 130 Å². The van der Waals surface area contributed by atoms with Crippen molar-refractivity contribution < 1.29 is 14.3 Å². The van der Waals surface area contributed by atoms with Crippen molar-refractivity contribution in [3.8, 4) is 0 Å². The Kier molecular flexibility index (Phi) is 3.92. The van der Waals surface area contributed by atoms with Crippen LogP contribution in [-0.2, 0) is 17.7 Å². The summed E-state index contributed by atoms with van der Waals surface area (Å²) in [6.45, 7) is 2.68. The number of carbonyl (C=O) groups is 2. The number of rotatable bonds is 3. The number of esters is 1. The van der Waals surface area contributed by atoms with Crippen molar-refractivity contribution >= 4 is 11.9 Å². The Hall–Kier alpha value is -2.97. The number of hydrogen-bond acceptors (Lipinski definition) is 6. The van der Waals surface area contributed by atoms with Crippen molar-refractivity contribution in [2.75, 3.05) is 13.2 Å². The zero-order chi connectivity index (χ0) is 16.4. The summed E-state index contributed by atoms with van der Waals surface area (Å²) in [5, 5.41) is 12.8. The Morgan fingerprint density at radius 2 is 2.13 bits per heavy atom. The molecule has 2 aromatic rings. The lowest BCUT2D eigenvalue weighted by molar-refractivity contribution is 0.0513. The summed E-state index contributed by atoms with van der Waals surface area (Å²) >= 11 is 0. The van der Waals surface area contributed by atoms with Gasteiger partial charge in [-0.15, -0.1) is 0 Å². The first-order valence-corrected chi connectivity index (χ1v) is 7.18. The maximum absolute atomic E-state index is 12.4. The van der Waals surface area contributed by atoms with Crippen molar-refractivity contribution in [3.63, 3.8) is 0 Å². The minimum Gasteiger partial charge on any atom is -0.461 e. The van der Waals surface area contributed by atoms with E-state index in [0.29, 0.717) is 18.5 Å². The molecule has 2 N–H and O–H groups in total. The SMILES string of the molecule is CCOC(=O)c1n[nH]c2c1CN(C(=O)c1ccc(=O)[nH]n1)CC2. The first-order chi connectivity index (χ1) is 11.1. The summed E-state index contributed by atoms with van der Waals surface area (Å²) < 4.78 is 4.97. The maximum atomic E-state index is 12.4. The molecule has 0 spiro atoms. The molecule has 9 heteroatoms. The number of aromatic amines is 2. The molecule has 0 saturated heterocycles. The minimum absolute atomic E-state index is 0.147. The van der Waals surface area contributed by atoms with E-state index in [4.69, 9.17) is 4.74 Å². The second kappa shape index (κ2) is 6.03. The predicted molar refractivity (Wildman–Crippen MR) is 77.8 cm³/mol. The Balaban J connectivity index is 1.83.